The lowest BCUT2D eigenvalue weighted by atomic mass is 10.2. The Morgan fingerprint density at radius 1 is 1.13 bits per heavy atom. The van der Waals surface area contributed by atoms with Crippen LogP contribution < -0.4 is 15.5 Å². The highest BCUT2D eigenvalue weighted by molar-refractivity contribution is 5.93. The quantitative estimate of drug-likeness (QED) is 0.318. The van der Waals surface area contributed by atoms with E-state index >= 15 is 0 Å². The SMILES string of the molecule is CCN(c1ccc(NC(=O)COC(=O)CCNc2ccccc2[N+](=O)[O-])cc1)C(C)C. The number of nitro groups is 1. The van der Waals surface area contributed by atoms with Crippen molar-refractivity contribution in [1.29, 1.82) is 0 Å². The van der Waals surface area contributed by atoms with Crippen LogP contribution in [0.15, 0.2) is 48.5 Å². The van der Waals surface area contributed by atoms with Gasteiger partial charge in [0.25, 0.3) is 11.6 Å². The van der Waals surface area contributed by atoms with Crippen molar-refractivity contribution >= 4 is 34.6 Å². The molecule has 0 aromatic heterocycles. The van der Waals surface area contributed by atoms with Gasteiger partial charge in [-0.1, -0.05) is 12.1 Å². The van der Waals surface area contributed by atoms with Crippen molar-refractivity contribution in [2.24, 2.45) is 0 Å². The highest BCUT2D eigenvalue weighted by atomic mass is 16.6. The molecule has 0 heterocycles. The summed E-state index contributed by atoms with van der Waals surface area (Å²) in [4.78, 5) is 36.6. The molecule has 1 amide bonds. The number of carbonyl (C=O) groups is 2. The van der Waals surface area contributed by atoms with Crippen LogP contribution in [0.1, 0.15) is 27.2 Å². The molecular weight excluding hydrogens is 400 g/mol. The van der Waals surface area contributed by atoms with Crippen LogP contribution in [-0.2, 0) is 14.3 Å². The van der Waals surface area contributed by atoms with E-state index in [4.69, 9.17) is 4.74 Å². The minimum absolute atomic E-state index is 0.0317. The van der Waals surface area contributed by atoms with E-state index in [1.54, 1.807) is 30.3 Å². The molecular formula is C22H28N4O5. The lowest BCUT2D eigenvalue weighted by Gasteiger charge is -2.27. The number of amides is 1. The molecule has 0 aliphatic rings. The fourth-order valence-corrected chi connectivity index (χ4v) is 3.08. The van der Waals surface area contributed by atoms with Crippen molar-refractivity contribution in [3.05, 3.63) is 58.6 Å². The molecule has 0 saturated heterocycles. The number of rotatable bonds is 11. The van der Waals surface area contributed by atoms with Crippen molar-refractivity contribution in [3.8, 4) is 0 Å². The Morgan fingerprint density at radius 2 is 1.81 bits per heavy atom. The molecule has 0 atom stereocenters. The zero-order chi connectivity index (χ0) is 22.8. The van der Waals surface area contributed by atoms with Crippen molar-refractivity contribution in [2.75, 3.05) is 35.2 Å². The van der Waals surface area contributed by atoms with Crippen LogP contribution in [0, 0.1) is 10.1 Å². The second-order valence-corrected chi connectivity index (χ2v) is 7.09. The van der Waals surface area contributed by atoms with Crippen molar-refractivity contribution < 1.29 is 19.2 Å². The second kappa shape index (κ2) is 11.5. The van der Waals surface area contributed by atoms with Crippen molar-refractivity contribution in [3.63, 3.8) is 0 Å². The third-order valence-corrected chi connectivity index (χ3v) is 4.56. The molecule has 0 bridgehead atoms. The third kappa shape index (κ3) is 7.29. The van der Waals surface area contributed by atoms with Crippen LogP contribution in [0.3, 0.4) is 0 Å². The molecule has 0 aliphatic carbocycles. The molecule has 2 rings (SSSR count). The van der Waals surface area contributed by atoms with E-state index in [0.717, 1.165) is 12.2 Å². The summed E-state index contributed by atoms with van der Waals surface area (Å²) in [5, 5.41) is 16.5. The zero-order valence-corrected chi connectivity index (χ0v) is 18.0. The van der Waals surface area contributed by atoms with Gasteiger partial charge in [0.15, 0.2) is 6.61 Å². The molecule has 0 saturated carbocycles. The Balaban J connectivity index is 1.75. The van der Waals surface area contributed by atoms with E-state index in [9.17, 15) is 19.7 Å². The number of benzene rings is 2. The Labute approximate surface area is 181 Å². The first-order valence-corrected chi connectivity index (χ1v) is 10.1. The first-order valence-electron chi connectivity index (χ1n) is 10.1. The number of carbonyl (C=O) groups excluding carboxylic acids is 2. The van der Waals surface area contributed by atoms with Crippen LogP contribution in [0.25, 0.3) is 0 Å². The number of hydrogen-bond donors (Lipinski definition) is 2. The topological polar surface area (TPSA) is 114 Å². The Kier molecular flexibility index (Phi) is 8.80. The number of esters is 1. The summed E-state index contributed by atoms with van der Waals surface area (Å²) in [6, 6.07) is 14.0. The minimum atomic E-state index is -0.577. The molecule has 2 aromatic rings. The maximum Gasteiger partial charge on any atom is 0.308 e. The summed E-state index contributed by atoms with van der Waals surface area (Å²) in [5.74, 6) is -1.02. The molecule has 0 aliphatic heterocycles. The highest BCUT2D eigenvalue weighted by Gasteiger charge is 2.13. The van der Waals surface area contributed by atoms with Crippen molar-refractivity contribution in [2.45, 2.75) is 33.2 Å². The van der Waals surface area contributed by atoms with Crippen LogP contribution in [0.2, 0.25) is 0 Å². The summed E-state index contributed by atoms with van der Waals surface area (Å²) in [5.41, 5.74) is 1.92. The molecule has 2 aromatic carbocycles. The molecule has 0 spiro atoms. The van der Waals surface area contributed by atoms with E-state index < -0.39 is 23.4 Å². The predicted octanol–water partition coefficient (Wildman–Crippen LogP) is 3.81. The standard InChI is InChI=1S/C22H28N4O5/c1-4-25(16(2)3)18-11-9-17(10-12-18)24-21(27)15-31-22(28)13-14-23-19-7-5-6-8-20(19)26(29)30/h5-12,16,23H,4,13-15H2,1-3H3,(H,24,27). The van der Waals surface area contributed by atoms with Gasteiger partial charge in [-0.25, -0.2) is 0 Å². The first kappa shape index (κ1) is 23.7. The Hall–Kier alpha value is -3.62. The van der Waals surface area contributed by atoms with E-state index in [-0.39, 0.29) is 18.7 Å². The van der Waals surface area contributed by atoms with Crippen LogP contribution in [0.4, 0.5) is 22.7 Å². The molecule has 31 heavy (non-hydrogen) atoms. The lowest BCUT2D eigenvalue weighted by molar-refractivity contribution is -0.384. The average Bonchev–Trinajstić information content (AvgIpc) is 2.74. The molecule has 0 unspecified atom stereocenters. The van der Waals surface area contributed by atoms with Gasteiger partial charge in [0, 0.05) is 36.6 Å². The van der Waals surface area contributed by atoms with Crippen LogP contribution in [-0.4, -0.2) is 42.5 Å². The third-order valence-electron chi connectivity index (χ3n) is 4.56. The van der Waals surface area contributed by atoms with Crippen LogP contribution in [0.5, 0.6) is 0 Å². The van der Waals surface area contributed by atoms with E-state index in [1.807, 2.05) is 12.1 Å². The molecule has 0 radical (unpaired) electrons. The van der Waals surface area contributed by atoms with Gasteiger partial charge in [-0.15, -0.1) is 0 Å². The summed E-state index contributed by atoms with van der Waals surface area (Å²) in [7, 11) is 0. The summed E-state index contributed by atoms with van der Waals surface area (Å²) >= 11 is 0. The fraction of sp³-hybridized carbons (Fsp3) is 0.364. The van der Waals surface area contributed by atoms with Gasteiger partial charge in [-0.2, -0.15) is 0 Å². The lowest BCUT2D eigenvalue weighted by Crippen LogP contribution is -2.30. The van der Waals surface area contributed by atoms with Gasteiger partial charge in [-0.3, -0.25) is 19.7 Å². The van der Waals surface area contributed by atoms with Gasteiger partial charge in [0.1, 0.15) is 5.69 Å². The highest BCUT2D eigenvalue weighted by Crippen LogP contribution is 2.23. The maximum absolute atomic E-state index is 12.0. The predicted molar refractivity (Wildman–Crippen MR) is 120 cm³/mol. The number of ether oxygens (including phenoxy) is 1. The van der Waals surface area contributed by atoms with Crippen molar-refractivity contribution in [1.82, 2.24) is 0 Å². The smallest absolute Gasteiger partial charge is 0.308 e. The average molecular weight is 428 g/mol. The number of anilines is 3. The van der Waals surface area contributed by atoms with Gasteiger partial charge >= 0.3 is 5.97 Å². The molecule has 166 valence electrons. The van der Waals surface area contributed by atoms with E-state index in [2.05, 4.69) is 36.3 Å². The zero-order valence-electron chi connectivity index (χ0n) is 18.0. The molecule has 0 fully saturated rings. The van der Waals surface area contributed by atoms with E-state index in [1.165, 1.54) is 6.07 Å². The Morgan fingerprint density at radius 3 is 2.42 bits per heavy atom. The monoisotopic (exact) mass is 428 g/mol. The molecule has 9 heteroatoms. The fourth-order valence-electron chi connectivity index (χ4n) is 3.08. The molecule has 9 nitrogen and oxygen atoms in total. The Bertz CT molecular complexity index is 899. The number of nitrogens with zero attached hydrogens (tertiary/aromatic N) is 2. The van der Waals surface area contributed by atoms with Gasteiger partial charge in [0.2, 0.25) is 0 Å². The minimum Gasteiger partial charge on any atom is -0.456 e. The summed E-state index contributed by atoms with van der Waals surface area (Å²) < 4.78 is 4.97. The second-order valence-electron chi connectivity index (χ2n) is 7.09. The van der Waals surface area contributed by atoms with E-state index in [0.29, 0.717) is 17.4 Å². The molecule has 2 N–H and O–H groups in total. The number of nitro benzene ring substituents is 1. The maximum atomic E-state index is 12.0. The number of para-hydroxylation sites is 2. The van der Waals surface area contributed by atoms with Gasteiger partial charge in [0.05, 0.1) is 11.3 Å². The normalized spacial score (nSPS) is 10.5. The van der Waals surface area contributed by atoms with Gasteiger partial charge < -0.3 is 20.3 Å². The van der Waals surface area contributed by atoms with Gasteiger partial charge in [-0.05, 0) is 51.1 Å². The first-order chi connectivity index (χ1) is 14.8. The number of nitrogens with one attached hydrogen (secondary N) is 2. The largest absolute Gasteiger partial charge is 0.456 e. The number of hydrogen-bond acceptors (Lipinski definition) is 7. The summed E-state index contributed by atoms with van der Waals surface area (Å²) in [6.45, 7) is 6.94. The summed E-state index contributed by atoms with van der Waals surface area (Å²) in [6.07, 6.45) is -0.0317. The van der Waals surface area contributed by atoms with Crippen LogP contribution >= 0.6 is 0 Å².